The number of alkyl halides is 1. The van der Waals surface area contributed by atoms with E-state index in [1.807, 2.05) is 32.0 Å². The smallest absolute Gasteiger partial charge is 0.258 e. The highest BCUT2D eigenvalue weighted by Crippen LogP contribution is 2.20. The van der Waals surface area contributed by atoms with Crippen molar-refractivity contribution in [1.29, 1.82) is 0 Å². The minimum Gasteiger partial charge on any atom is -0.483 e. The van der Waals surface area contributed by atoms with Crippen molar-refractivity contribution in [1.82, 2.24) is 10.6 Å². The summed E-state index contributed by atoms with van der Waals surface area (Å²) >= 11 is 5.32. The zero-order valence-electron chi connectivity index (χ0n) is 11.7. The Morgan fingerprint density at radius 3 is 2.45 bits per heavy atom. The average molecular weight is 299 g/mol. The van der Waals surface area contributed by atoms with E-state index in [9.17, 15) is 9.59 Å². The van der Waals surface area contributed by atoms with Crippen molar-refractivity contribution in [2.24, 2.45) is 0 Å². The summed E-state index contributed by atoms with van der Waals surface area (Å²) in [7, 11) is 0. The predicted octanol–water partition coefficient (Wildman–Crippen LogP) is 1.15. The van der Waals surface area contributed by atoms with Gasteiger partial charge in [-0.2, -0.15) is 0 Å². The largest absolute Gasteiger partial charge is 0.483 e. The standard InChI is InChI=1S/C14H19ClN2O3/c1-10-4-3-5-12(11(10)2)20-9-14(19)17-7-6-16-13(18)8-15/h3-5H,6-9H2,1-2H3,(H,16,18)(H,17,19). The maximum absolute atomic E-state index is 11.6. The molecule has 0 heterocycles. The molecule has 0 aliphatic heterocycles. The highest BCUT2D eigenvalue weighted by Gasteiger charge is 2.05. The summed E-state index contributed by atoms with van der Waals surface area (Å²) in [6.45, 7) is 4.58. The number of aryl methyl sites for hydroxylation is 1. The van der Waals surface area contributed by atoms with Gasteiger partial charge in [-0.15, -0.1) is 11.6 Å². The monoisotopic (exact) mass is 298 g/mol. The molecule has 1 rings (SSSR count). The van der Waals surface area contributed by atoms with E-state index < -0.39 is 0 Å². The Kier molecular flexibility index (Phi) is 6.87. The van der Waals surface area contributed by atoms with Gasteiger partial charge in [-0.3, -0.25) is 9.59 Å². The van der Waals surface area contributed by atoms with Crippen molar-refractivity contribution in [3.63, 3.8) is 0 Å². The van der Waals surface area contributed by atoms with Gasteiger partial charge in [-0.1, -0.05) is 12.1 Å². The van der Waals surface area contributed by atoms with E-state index in [1.165, 1.54) is 0 Å². The number of carbonyl (C=O) groups excluding carboxylic acids is 2. The fraction of sp³-hybridized carbons (Fsp3) is 0.429. The molecule has 6 heteroatoms. The highest BCUT2D eigenvalue weighted by atomic mass is 35.5. The lowest BCUT2D eigenvalue weighted by molar-refractivity contribution is -0.123. The molecule has 20 heavy (non-hydrogen) atoms. The SMILES string of the molecule is Cc1cccc(OCC(=O)NCCNC(=O)CCl)c1C. The molecule has 5 nitrogen and oxygen atoms in total. The van der Waals surface area contributed by atoms with Crippen LogP contribution in [-0.2, 0) is 9.59 Å². The lowest BCUT2D eigenvalue weighted by Gasteiger charge is -2.11. The molecule has 0 atom stereocenters. The third-order valence-corrected chi connectivity index (χ3v) is 3.05. The fourth-order valence-electron chi connectivity index (χ4n) is 1.53. The molecule has 110 valence electrons. The topological polar surface area (TPSA) is 67.4 Å². The number of carbonyl (C=O) groups is 2. The van der Waals surface area contributed by atoms with Gasteiger partial charge in [0.05, 0.1) is 0 Å². The first-order chi connectivity index (χ1) is 9.54. The molecular formula is C14H19ClN2O3. The number of nitrogens with one attached hydrogen (secondary N) is 2. The van der Waals surface area contributed by atoms with Crippen molar-refractivity contribution < 1.29 is 14.3 Å². The van der Waals surface area contributed by atoms with Gasteiger partial charge in [0.2, 0.25) is 5.91 Å². The molecule has 0 radical (unpaired) electrons. The zero-order chi connectivity index (χ0) is 15.0. The minimum absolute atomic E-state index is 0.0479. The van der Waals surface area contributed by atoms with Crippen molar-refractivity contribution in [2.75, 3.05) is 25.6 Å². The van der Waals surface area contributed by atoms with E-state index in [0.717, 1.165) is 11.1 Å². The van der Waals surface area contributed by atoms with Crippen LogP contribution in [0.15, 0.2) is 18.2 Å². The average Bonchev–Trinajstić information content (AvgIpc) is 2.44. The molecule has 0 bridgehead atoms. The molecule has 0 fully saturated rings. The summed E-state index contributed by atoms with van der Waals surface area (Å²) in [4.78, 5) is 22.4. The van der Waals surface area contributed by atoms with Crippen LogP contribution in [0.3, 0.4) is 0 Å². The second kappa shape index (κ2) is 8.43. The molecule has 0 spiro atoms. The molecule has 0 aliphatic carbocycles. The number of rotatable bonds is 7. The third-order valence-electron chi connectivity index (χ3n) is 2.80. The molecule has 2 N–H and O–H groups in total. The number of halogens is 1. The van der Waals surface area contributed by atoms with Gasteiger partial charge in [-0.25, -0.2) is 0 Å². The van der Waals surface area contributed by atoms with Crippen molar-refractivity contribution in [3.8, 4) is 5.75 Å². The summed E-state index contributed by atoms with van der Waals surface area (Å²) in [6, 6.07) is 5.70. The van der Waals surface area contributed by atoms with Crippen LogP contribution in [0, 0.1) is 13.8 Å². The van der Waals surface area contributed by atoms with E-state index in [2.05, 4.69) is 10.6 Å². The van der Waals surface area contributed by atoms with Crippen LogP contribution >= 0.6 is 11.6 Å². The van der Waals surface area contributed by atoms with E-state index in [0.29, 0.717) is 18.8 Å². The molecule has 0 unspecified atom stereocenters. The van der Waals surface area contributed by atoms with Crippen molar-refractivity contribution in [2.45, 2.75) is 13.8 Å². The summed E-state index contributed by atoms with van der Waals surface area (Å²) in [5.74, 6) is 0.137. The highest BCUT2D eigenvalue weighted by molar-refractivity contribution is 6.27. The maximum Gasteiger partial charge on any atom is 0.258 e. The first-order valence-corrected chi connectivity index (χ1v) is 6.86. The van der Waals surface area contributed by atoms with E-state index >= 15 is 0 Å². The van der Waals surface area contributed by atoms with Crippen LogP contribution in [0.5, 0.6) is 5.75 Å². The second-order valence-electron chi connectivity index (χ2n) is 4.32. The van der Waals surface area contributed by atoms with Crippen LogP contribution in [0.4, 0.5) is 0 Å². The number of amides is 2. The van der Waals surface area contributed by atoms with Crippen LogP contribution in [0.1, 0.15) is 11.1 Å². The third kappa shape index (κ3) is 5.48. The van der Waals surface area contributed by atoms with Gasteiger partial charge in [0.25, 0.3) is 5.91 Å². The molecule has 1 aromatic carbocycles. The Hall–Kier alpha value is -1.75. The minimum atomic E-state index is -0.257. The Morgan fingerprint density at radius 1 is 1.15 bits per heavy atom. The molecule has 0 saturated heterocycles. The van der Waals surface area contributed by atoms with Gasteiger partial charge >= 0.3 is 0 Å². The summed E-state index contributed by atoms with van der Waals surface area (Å²) in [5, 5.41) is 5.20. The van der Waals surface area contributed by atoms with Gasteiger partial charge in [0, 0.05) is 13.1 Å². The fourth-order valence-corrected chi connectivity index (χ4v) is 1.62. The number of benzene rings is 1. The Morgan fingerprint density at radius 2 is 1.80 bits per heavy atom. The Bertz CT molecular complexity index is 477. The van der Waals surface area contributed by atoms with Gasteiger partial charge in [0.1, 0.15) is 11.6 Å². The lowest BCUT2D eigenvalue weighted by atomic mass is 10.1. The van der Waals surface area contributed by atoms with Crippen LogP contribution in [0.2, 0.25) is 0 Å². The van der Waals surface area contributed by atoms with E-state index in [-0.39, 0.29) is 24.3 Å². The number of hydrogen-bond donors (Lipinski definition) is 2. The lowest BCUT2D eigenvalue weighted by Crippen LogP contribution is -2.37. The first-order valence-electron chi connectivity index (χ1n) is 6.33. The molecule has 0 aromatic heterocycles. The van der Waals surface area contributed by atoms with Crippen molar-refractivity contribution in [3.05, 3.63) is 29.3 Å². The van der Waals surface area contributed by atoms with Gasteiger partial charge in [-0.05, 0) is 31.0 Å². The molecule has 0 saturated carbocycles. The number of ether oxygens (including phenoxy) is 1. The van der Waals surface area contributed by atoms with Crippen LogP contribution in [-0.4, -0.2) is 37.4 Å². The van der Waals surface area contributed by atoms with E-state index in [1.54, 1.807) is 0 Å². The predicted molar refractivity (Wildman–Crippen MR) is 78.2 cm³/mol. The van der Waals surface area contributed by atoms with Crippen LogP contribution in [0.25, 0.3) is 0 Å². The molecule has 1 aromatic rings. The number of hydrogen-bond acceptors (Lipinski definition) is 3. The normalized spacial score (nSPS) is 9.95. The summed E-state index contributed by atoms with van der Waals surface area (Å²) in [6.07, 6.45) is 0. The molecule has 0 aliphatic rings. The zero-order valence-corrected chi connectivity index (χ0v) is 12.4. The van der Waals surface area contributed by atoms with Gasteiger partial charge in [0.15, 0.2) is 6.61 Å². The molecule has 2 amide bonds. The first kappa shape index (κ1) is 16.3. The quantitative estimate of drug-likeness (QED) is 0.586. The van der Waals surface area contributed by atoms with E-state index in [4.69, 9.17) is 16.3 Å². The van der Waals surface area contributed by atoms with Gasteiger partial charge < -0.3 is 15.4 Å². The van der Waals surface area contributed by atoms with Crippen molar-refractivity contribution >= 4 is 23.4 Å². The maximum atomic E-state index is 11.6. The summed E-state index contributed by atoms with van der Waals surface area (Å²) in [5.41, 5.74) is 2.14. The summed E-state index contributed by atoms with van der Waals surface area (Å²) < 4.78 is 5.46. The second-order valence-corrected chi connectivity index (χ2v) is 4.59. The molecular weight excluding hydrogens is 280 g/mol. The Labute approximate surface area is 123 Å². The Balaban J connectivity index is 2.26. The van der Waals surface area contributed by atoms with Crippen LogP contribution < -0.4 is 15.4 Å².